The van der Waals surface area contributed by atoms with Gasteiger partial charge >= 0.3 is 0 Å². The molecule has 1 aromatic rings. The molecule has 0 amide bonds. The second-order valence-corrected chi connectivity index (χ2v) is 4.39. The first kappa shape index (κ1) is 10.8. The van der Waals surface area contributed by atoms with E-state index in [4.69, 9.17) is 17.3 Å². The quantitative estimate of drug-likeness (QED) is 0.855. The molecule has 82 valence electrons. The number of hydrogen-bond acceptors (Lipinski definition) is 2. The largest absolute Gasteiger partial charge is 0.371 e. The van der Waals surface area contributed by atoms with Gasteiger partial charge in [0.1, 0.15) is 0 Å². The lowest BCUT2D eigenvalue weighted by molar-refractivity contribution is 0.650. The maximum absolute atomic E-state index is 6.25. The van der Waals surface area contributed by atoms with Gasteiger partial charge in [0, 0.05) is 29.7 Å². The molecule has 0 aliphatic carbocycles. The molecule has 1 aliphatic heterocycles. The average molecular weight is 225 g/mol. The van der Waals surface area contributed by atoms with Crippen LogP contribution in [0.1, 0.15) is 24.8 Å². The molecule has 1 aromatic carbocycles. The smallest absolute Gasteiger partial charge is 0.0462 e. The lowest BCUT2D eigenvalue weighted by Crippen LogP contribution is -2.21. The summed E-state index contributed by atoms with van der Waals surface area (Å²) < 4.78 is 0. The Morgan fingerprint density at radius 2 is 2.33 bits per heavy atom. The topological polar surface area (TPSA) is 29.3 Å². The molecule has 1 atom stereocenters. The normalized spacial score (nSPS) is 19.4. The van der Waals surface area contributed by atoms with Gasteiger partial charge in [0.2, 0.25) is 0 Å². The molecule has 2 rings (SSSR count). The maximum atomic E-state index is 6.25. The predicted molar refractivity (Wildman–Crippen MR) is 65.8 cm³/mol. The van der Waals surface area contributed by atoms with Crippen molar-refractivity contribution in [2.75, 3.05) is 24.5 Å². The fourth-order valence-electron chi connectivity index (χ4n) is 2.40. The van der Waals surface area contributed by atoms with Crippen LogP contribution in [0.3, 0.4) is 0 Å². The van der Waals surface area contributed by atoms with E-state index in [0.717, 1.165) is 31.1 Å². The van der Waals surface area contributed by atoms with E-state index in [9.17, 15) is 0 Å². The van der Waals surface area contributed by atoms with Gasteiger partial charge in [-0.25, -0.2) is 0 Å². The highest BCUT2D eigenvalue weighted by atomic mass is 35.5. The van der Waals surface area contributed by atoms with Crippen molar-refractivity contribution in [1.82, 2.24) is 0 Å². The third-order valence-electron chi connectivity index (χ3n) is 3.12. The zero-order chi connectivity index (χ0) is 10.8. The Labute approximate surface area is 96.0 Å². The van der Waals surface area contributed by atoms with Crippen molar-refractivity contribution in [2.24, 2.45) is 5.73 Å². The van der Waals surface area contributed by atoms with Crippen molar-refractivity contribution in [3.05, 3.63) is 28.8 Å². The summed E-state index contributed by atoms with van der Waals surface area (Å²) in [7, 11) is 0. The van der Waals surface area contributed by atoms with Gasteiger partial charge in [0.05, 0.1) is 0 Å². The first-order valence-corrected chi connectivity index (χ1v) is 5.89. The van der Waals surface area contributed by atoms with E-state index < -0.39 is 0 Å². The summed E-state index contributed by atoms with van der Waals surface area (Å²) >= 11 is 6.25. The molecule has 0 saturated carbocycles. The van der Waals surface area contributed by atoms with Crippen molar-refractivity contribution < 1.29 is 0 Å². The van der Waals surface area contributed by atoms with Gasteiger partial charge < -0.3 is 10.6 Å². The minimum Gasteiger partial charge on any atom is -0.371 e. The highest BCUT2D eigenvalue weighted by Crippen LogP contribution is 2.41. The predicted octanol–water partition coefficient (Wildman–Crippen LogP) is 2.61. The molecule has 0 aromatic heterocycles. The van der Waals surface area contributed by atoms with E-state index in [2.05, 4.69) is 17.9 Å². The number of rotatable bonds is 3. The standard InChI is InChI=1S/C12H17ClN2/c1-2-15-8-9(6-7-14)12-10(13)4-3-5-11(12)15/h3-5,9H,2,6-8,14H2,1H3. The van der Waals surface area contributed by atoms with E-state index in [1.54, 1.807) is 0 Å². The first-order chi connectivity index (χ1) is 7.27. The lowest BCUT2D eigenvalue weighted by atomic mass is 9.98. The Balaban J connectivity index is 2.39. The number of likely N-dealkylation sites (N-methyl/N-ethyl adjacent to an activating group) is 1. The van der Waals surface area contributed by atoms with Gasteiger partial charge in [-0.3, -0.25) is 0 Å². The fraction of sp³-hybridized carbons (Fsp3) is 0.500. The van der Waals surface area contributed by atoms with Crippen molar-refractivity contribution in [1.29, 1.82) is 0 Å². The monoisotopic (exact) mass is 224 g/mol. The SMILES string of the molecule is CCN1CC(CCN)c2c(Cl)cccc21. The van der Waals surface area contributed by atoms with Crippen LogP contribution in [0.5, 0.6) is 0 Å². The molecule has 3 heteroatoms. The van der Waals surface area contributed by atoms with Crippen LogP contribution in [0.15, 0.2) is 18.2 Å². The van der Waals surface area contributed by atoms with Gasteiger partial charge in [-0.1, -0.05) is 17.7 Å². The van der Waals surface area contributed by atoms with E-state index in [1.165, 1.54) is 11.3 Å². The average Bonchev–Trinajstić information content (AvgIpc) is 2.59. The van der Waals surface area contributed by atoms with Gasteiger partial charge in [-0.2, -0.15) is 0 Å². The Kier molecular flexibility index (Phi) is 3.17. The van der Waals surface area contributed by atoms with E-state index >= 15 is 0 Å². The molecular formula is C12H17ClN2. The van der Waals surface area contributed by atoms with Crippen LogP contribution >= 0.6 is 11.6 Å². The summed E-state index contributed by atoms with van der Waals surface area (Å²) in [6.07, 6.45) is 1.02. The van der Waals surface area contributed by atoms with Crippen molar-refractivity contribution in [3.63, 3.8) is 0 Å². The molecule has 0 bridgehead atoms. The van der Waals surface area contributed by atoms with Crippen LogP contribution < -0.4 is 10.6 Å². The molecule has 2 N–H and O–H groups in total. The summed E-state index contributed by atoms with van der Waals surface area (Å²) in [4.78, 5) is 2.38. The van der Waals surface area contributed by atoms with Gasteiger partial charge in [-0.15, -0.1) is 0 Å². The minimum absolute atomic E-state index is 0.513. The molecule has 2 nitrogen and oxygen atoms in total. The Morgan fingerprint density at radius 1 is 1.53 bits per heavy atom. The van der Waals surface area contributed by atoms with Crippen molar-refractivity contribution in [2.45, 2.75) is 19.3 Å². The molecule has 15 heavy (non-hydrogen) atoms. The van der Waals surface area contributed by atoms with E-state index in [0.29, 0.717) is 5.92 Å². The zero-order valence-corrected chi connectivity index (χ0v) is 9.80. The third kappa shape index (κ3) is 1.84. The van der Waals surface area contributed by atoms with E-state index in [1.807, 2.05) is 12.1 Å². The molecule has 0 radical (unpaired) electrons. The summed E-state index contributed by atoms with van der Waals surface area (Å²) in [5, 5.41) is 0.891. The molecule has 0 spiro atoms. The summed E-state index contributed by atoms with van der Waals surface area (Å²) in [5.74, 6) is 0.513. The molecule has 1 heterocycles. The van der Waals surface area contributed by atoms with Gasteiger partial charge in [0.15, 0.2) is 0 Å². The molecule has 0 saturated heterocycles. The fourth-order valence-corrected chi connectivity index (χ4v) is 2.72. The second-order valence-electron chi connectivity index (χ2n) is 3.99. The Morgan fingerprint density at radius 3 is 3.00 bits per heavy atom. The number of hydrogen-bond donors (Lipinski definition) is 1. The summed E-state index contributed by atoms with van der Waals surface area (Å²) in [6.45, 7) is 5.00. The zero-order valence-electron chi connectivity index (χ0n) is 9.04. The highest BCUT2D eigenvalue weighted by Gasteiger charge is 2.28. The van der Waals surface area contributed by atoms with Crippen LogP contribution in [0.4, 0.5) is 5.69 Å². The number of anilines is 1. The Hall–Kier alpha value is -0.730. The molecular weight excluding hydrogens is 208 g/mol. The van der Waals surface area contributed by atoms with Crippen LogP contribution in [-0.2, 0) is 0 Å². The number of nitrogens with zero attached hydrogens (tertiary/aromatic N) is 1. The molecule has 1 unspecified atom stereocenters. The van der Waals surface area contributed by atoms with Crippen LogP contribution in [0.25, 0.3) is 0 Å². The number of fused-ring (bicyclic) bond motifs is 1. The molecule has 1 aliphatic rings. The summed E-state index contributed by atoms with van der Waals surface area (Å²) in [5.41, 5.74) is 8.23. The van der Waals surface area contributed by atoms with Gasteiger partial charge in [0.25, 0.3) is 0 Å². The van der Waals surface area contributed by atoms with Crippen LogP contribution in [-0.4, -0.2) is 19.6 Å². The summed E-state index contributed by atoms with van der Waals surface area (Å²) in [6, 6.07) is 6.15. The molecule has 0 fully saturated rings. The van der Waals surface area contributed by atoms with Gasteiger partial charge in [-0.05, 0) is 37.6 Å². The lowest BCUT2D eigenvalue weighted by Gasteiger charge is -2.16. The van der Waals surface area contributed by atoms with Crippen molar-refractivity contribution >= 4 is 17.3 Å². The number of halogens is 1. The van der Waals surface area contributed by atoms with Crippen LogP contribution in [0.2, 0.25) is 5.02 Å². The minimum atomic E-state index is 0.513. The Bertz CT molecular complexity index is 351. The second kappa shape index (κ2) is 4.42. The number of benzene rings is 1. The third-order valence-corrected chi connectivity index (χ3v) is 3.45. The highest BCUT2D eigenvalue weighted by molar-refractivity contribution is 6.32. The first-order valence-electron chi connectivity index (χ1n) is 5.51. The maximum Gasteiger partial charge on any atom is 0.0462 e. The number of nitrogens with two attached hydrogens (primary N) is 1. The van der Waals surface area contributed by atoms with E-state index in [-0.39, 0.29) is 0 Å². The van der Waals surface area contributed by atoms with Crippen LogP contribution in [0, 0.1) is 0 Å². The van der Waals surface area contributed by atoms with Crippen molar-refractivity contribution in [3.8, 4) is 0 Å².